The third-order valence-electron chi connectivity index (χ3n) is 4.47. The molecule has 0 aliphatic carbocycles. The Morgan fingerprint density at radius 1 is 1.18 bits per heavy atom. The van der Waals surface area contributed by atoms with E-state index >= 15 is 0 Å². The maximum Gasteiger partial charge on any atom is 0.318 e. The van der Waals surface area contributed by atoms with Gasteiger partial charge in [0.2, 0.25) is 5.91 Å². The van der Waals surface area contributed by atoms with E-state index in [9.17, 15) is 9.59 Å². The molecule has 0 saturated heterocycles. The molecule has 28 heavy (non-hydrogen) atoms. The van der Waals surface area contributed by atoms with Crippen LogP contribution in [-0.2, 0) is 27.3 Å². The molecule has 150 valence electrons. The first kappa shape index (κ1) is 21.4. The van der Waals surface area contributed by atoms with Gasteiger partial charge in [0.25, 0.3) is 0 Å². The Labute approximate surface area is 166 Å². The molecule has 0 aliphatic rings. The Kier molecular flexibility index (Phi) is 8.46. The maximum absolute atomic E-state index is 12.7. The Hall–Kier alpha value is -2.89. The van der Waals surface area contributed by atoms with E-state index in [-0.39, 0.29) is 18.9 Å². The molecule has 0 fully saturated rings. The summed E-state index contributed by atoms with van der Waals surface area (Å²) in [4.78, 5) is 26.8. The molecule has 0 bridgehead atoms. The largest absolute Gasteiger partial charge is 0.465 e. The quantitative estimate of drug-likeness (QED) is 0.467. The lowest BCUT2D eigenvalue weighted by molar-refractivity contribution is -0.155. The standard InChI is InChI=1S/C22H29N3O3/c1-4-24(5-2)21(26)20(22(27)28-6-3)15-19-16-23-25(17-19)14-10-13-18-11-8-7-9-12-18/h7-13,16-17,20H,4-6,14-15H2,1-3H3. The van der Waals surface area contributed by atoms with Crippen molar-refractivity contribution in [3.8, 4) is 0 Å². The lowest BCUT2D eigenvalue weighted by Crippen LogP contribution is -2.41. The SMILES string of the molecule is CCOC(=O)C(Cc1cnn(CC=Cc2ccccc2)c1)C(=O)N(CC)CC. The molecule has 2 rings (SSSR count). The van der Waals surface area contributed by atoms with Gasteiger partial charge in [-0.25, -0.2) is 0 Å². The van der Waals surface area contributed by atoms with E-state index in [0.29, 0.717) is 19.6 Å². The number of allylic oxidation sites excluding steroid dienone is 1. The Balaban J connectivity index is 2.05. The van der Waals surface area contributed by atoms with E-state index in [1.54, 1.807) is 22.7 Å². The number of aromatic nitrogens is 2. The van der Waals surface area contributed by atoms with Crippen molar-refractivity contribution < 1.29 is 14.3 Å². The zero-order chi connectivity index (χ0) is 20.4. The number of rotatable bonds is 10. The summed E-state index contributed by atoms with van der Waals surface area (Å²) in [5.74, 6) is -1.51. The van der Waals surface area contributed by atoms with Crippen molar-refractivity contribution in [3.63, 3.8) is 0 Å². The van der Waals surface area contributed by atoms with Crippen molar-refractivity contribution >= 4 is 18.0 Å². The van der Waals surface area contributed by atoms with Crippen LogP contribution in [0.4, 0.5) is 0 Å². The molecular formula is C22H29N3O3. The first-order valence-electron chi connectivity index (χ1n) is 9.77. The van der Waals surface area contributed by atoms with Crippen molar-refractivity contribution in [2.24, 2.45) is 5.92 Å². The second-order valence-corrected chi connectivity index (χ2v) is 6.40. The second-order valence-electron chi connectivity index (χ2n) is 6.40. The second kappa shape index (κ2) is 11.1. The van der Waals surface area contributed by atoms with Crippen molar-refractivity contribution in [2.45, 2.75) is 33.7 Å². The molecule has 1 atom stereocenters. The van der Waals surface area contributed by atoms with E-state index in [1.807, 2.05) is 62.5 Å². The average molecular weight is 383 g/mol. The molecule has 0 N–H and O–H groups in total. The third-order valence-corrected chi connectivity index (χ3v) is 4.47. The van der Waals surface area contributed by atoms with E-state index < -0.39 is 11.9 Å². The van der Waals surface area contributed by atoms with E-state index in [4.69, 9.17) is 4.74 Å². The summed E-state index contributed by atoms with van der Waals surface area (Å²) in [5, 5.41) is 4.34. The number of nitrogens with zero attached hydrogens (tertiary/aromatic N) is 3. The van der Waals surface area contributed by atoms with Crippen LogP contribution in [0.3, 0.4) is 0 Å². The van der Waals surface area contributed by atoms with Gasteiger partial charge in [0.1, 0.15) is 5.92 Å². The summed E-state index contributed by atoms with van der Waals surface area (Å²) in [6, 6.07) is 10.0. The summed E-state index contributed by atoms with van der Waals surface area (Å²) in [6.45, 7) is 7.55. The summed E-state index contributed by atoms with van der Waals surface area (Å²) in [6.07, 6.45) is 7.92. The van der Waals surface area contributed by atoms with Crippen LogP contribution in [0, 0.1) is 5.92 Å². The minimum Gasteiger partial charge on any atom is -0.465 e. The molecule has 1 aromatic carbocycles. The van der Waals surface area contributed by atoms with E-state index in [1.165, 1.54) is 0 Å². The van der Waals surface area contributed by atoms with Gasteiger partial charge in [-0.15, -0.1) is 0 Å². The smallest absolute Gasteiger partial charge is 0.318 e. The molecule has 6 heteroatoms. The summed E-state index contributed by atoms with van der Waals surface area (Å²) >= 11 is 0. The Bertz CT molecular complexity index is 779. The highest BCUT2D eigenvalue weighted by Gasteiger charge is 2.31. The van der Waals surface area contributed by atoms with Crippen LogP contribution in [0.25, 0.3) is 6.08 Å². The van der Waals surface area contributed by atoms with Gasteiger partial charge in [-0.3, -0.25) is 14.3 Å². The predicted molar refractivity (Wildman–Crippen MR) is 109 cm³/mol. The summed E-state index contributed by atoms with van der Waals surface area (Å²) in [7, 11) is 0. The van der Waals surface area contributed by atoms with Gasteiger partial charge in [0.15, 0.2) is 0 Å². The zero-order valence-corrected chi connectivity index (χ0v) is 16.9. The summed E-state index contributed by atoms with van der Waals surface area (Å²) in [5.41, 5.74) is 1.97. The topological polar surface area (TPSA) is 64.4 Å². The van der Waals surface area contributed by atoms with Gasteiger partial charge in [0, 0.05) is 19.3 Å². The van der Waals surface area contributed by atoms with Crippen molar-refractivity contribution in [1.82, 2.24) is 14.7 Å². The van der Waals surface area contributed by atoms with Crippen LogP contribution in [0.2, 0.25) is 0 Å². The van der Waals surface area contributed by atoms with Crippen molar-refractivity contribution in [1.29, 1.82) is 0 Å². The van der Waals surface area contributed by atoms with Crippen LogP contribution in [0.15, 0.2) is 48.8 Å². The molecule has 0 saturated carbocycles. The first-order valence-corrected chi connectivity index (χ1v) is 9.77. The molecule has 1 unspecified atom stereocenters. The van der Waals surface area contributed by atoms with Gasteiger partial charge >= 0.3 is 5.97 Å². The minimum atomic E-state index is -0.836. The fraction of sp³-hybridized carbons (Fsp3) is 0.409. The molecule has 0 radical (unpaired) electrons. The number of hydrogen-bond acceptors (Lipinski definition) is 4. The van der Waals surface area contributed by atoms with Gasteiger partial charge in [-0.2, -0.15) is 5.10 Å². The van der Waals surface area contributed by atoms with Crippen molar-refractivity contribution in [2.75, 3.05) is 19.7 Å². The Morgan fingerprint density at radius 3 is 2.54 bits per heavy atom. The van der Waals surface area contributed by atoms with E-state index in [0.717, 1.165) is 11.1 Å². The van der Waals surface area contributed by atoms with Crippen LogP contribution >= 0.6 is 0 Å². The van der Waals surface area contributed by atoms with Crippen LogP contribution in [0.5, 0.6) is 0 Å². The lowest BCUT2D eigenvalue weighted by atomic mass is 10.00. The monoisotopic (exact) mass is 383 g/mol. The number of amides is 1. The minimum absolute atomic E-state index is 0.194. The van der Waals surface area contributed by atoms with Crippen molar-refractivity contribution in [3.05, 3.63) is 59.9 Å². The highest BCUT2D eigenvalue weighted by Crippen LogP contribution is 2.14. The molecule has 6 nitrogen and oxygen atoms in total. The van der Waals surface area contributed by atoms with E-state index in [2.05, 4.69) is 5.10 Å². The number of carbonyl (C=O) groups excluding carboxylic acids is 2. The van der Waals surface area contributed by atoms with Gasteiger partial charge in [-0.1, -0.05) is 42.5 Å². The Morgan fingerprint density at radius 2 is 1.89 bits per heavy atom. The van der Waals surface area contributed by atoms with Gasteiger partial charge in [-0.05, 0) is 38.3 Å². The fourth-order valence-electron chi connectivity index (χ4n) is 2.98. The number of carbonyl (C=O) groups is 2. The number of benzene rings is 1. The number of esters is 1. The molecule has 1 heterocycles. The molecule has 0 aliphatic heterocycles. The van der Waals surface area contributed by atoms with Crippen LogP contribution < -0.4 is 0 Å². The number of ether oxygens (including phenoxy) is 1. The lowest BCUT2D eigenvalue weighted by Gasteiger charge is -2.23. The molecule has 0 spiro atoms. The maximum atomic E-state index is 12.7. The molecular weight excluding hydrogens is 354 g/mol. The molecule has 1 aromatic heterocycles. The zero-order valence-electron chi connectivity index (χ0n) is 16.9. The van der Waals surface area contributed by atoms with Gasteiger partial charge in [0.05, 0.1) is 19.3 Å². The number of hydrogen-bond donors (Lipinski definition) is 0. The van der Waals surface area contributed by atoms with Gasteiger partial charge < -0.3 is 9.64 Å². The normalized spacial score (nSPS) is 12.1. The molecule has 1 amide bonds. The van der Waals surface area contributed by atoms with Crippen LogP contribution in [-0.4, -0.2) is 46.3 Å². The highest BCUT2D eigenvalue weighted by molar-refractivity contribution is 5.98. The predicted octanol–water partition coefficient (Wildman–Crippen LogP) is 3.19. The van der Waals surface area contributed by atoms with Crippen LogP contribution in [0.1, 0.15) is 31.9 Å². The average Bonchev–Trinajstić information content (AvgIpc) is 3.15. The first-order chi connectivity index (χ1) is 13.6. The summed E-state index contributed by atoms with van der Waals surface area (Å²) < 4.78 is 6.92. The third kappa shape index (κ3) is 6.08. The fourth-order valence-corrected chi connectivity index (χ4v) is 2.98. The highest BCUT2D eigenvalue weighted by atomic mass is 16.5. The molecule has 2 aromatic rings.